The molecule has 4 nitrogen and oxygen atoms in total. The molecule has 2 rings (SSSR count). The van der Waals surface area contributed by atoms with Gasteiger partial charge in [0.05, 0.1) is 12.0 Å². The van der Waals surface area contributed by atoms with Crippen LogP contribution in [0, 0.1) is 5.41 Å². The predicted molar refractivity (Wildman–Crippen MR) is 71.7 cm³/mol. The zero-order chi connectivity index (χ0) is 13.2. The molecule has 104 valence electrons. The summed E-state index contributed by atoms with van der Waals surface area (Å²) in [5.74, 6) is 0. The lowest BCUT2D eigenvalue weighted by molar-refractivity contribution is -0.126. The van der Waals surface area contributed by atoms with Gasteiger partial charge in [0.25, 0.3) is 0 Å². The van der Waals surface area contributed by atoms with Crippen LogP contribution in [0.4, 0.5) is 0 Å². The Morgan fingerprint density at radius 1 is 1.33 bits per heavy atom. The zero-order valence-corrected chi connectivity index (χ0v) is 11.9. The van der Waals surface area contributed by atoms with Crippen molar-refractivity contribution in [3.8, 4) is 0 Å². The van der Waals surface area contributed by atoms with E-state index in [1.807, 2.05) is 0 Å². The van der Waals surface area contributed by atoms with Crippen LogP contribution in [0.2, 0.25) is 0 Å². The van der Waals surface area contributed by atoms with Gasteiger partial charge in [-0.1, -0.05) is 0 Å². The molecule has 2 aliphatic rings. The van der Waals surface area contributed by atoms with Gasteiger partial charge < -0.3 is 9.53 Å². The van der Waals surface area contributed by atoms with Gasteiger partial charge in [-0.15, -0.1) is 0 Å². The molecule has 0 saturated carbocycles. The number of hydrogen-bond acceptors (Lipinski definition) is 4. The fourth-order valence-corrected chi connectivity index (χ4v) is 3.22. The third-order valence-electron chi connectivity index (χ3n) is 4.58. The molecule has 0 aromatic heterocycles. The quantitative estimate of drug-likeness (QED) is 0.704. The molecule has 0 spiro atoms. The minimum Gasteiger partial charge on any atom is -0.380 e. The summed E-state index contributed by atoms with van der Waals surface area (Å²) in [6.45, 7) is 8.89. The van der Waals surface area contributed by atoms with E-state index in [-0.39, 0.29) is 5.41 Å². The number of hydrogen-bond donors (Lipinski definition) is 0. The first kappa shape index (κ1) is 14.0. The number of carbonyl (C=O) groups is 1. The molecule has 0 N–H and O–H groups in total. The SMILES string of the molecule is CC1CN(CC2(C=O)CCCOC2)CC(C)N1C. The summed E-state index contributed by atoms with van der Waals surface area (Å²) in [4.78, 5) is 16.3. The summed E-state index contributed by atoms with van der Waals surface area (Å²) in [7, 11) is 2.19. The maximum absolute atomic E-state index is 11.5. The van der Waals surface area contributed by atoms with E-state index in [4.69, 9.17) is 4.74 Å². The minimum atomic E-state index is -0.256. The summed E-state index contributed by atoms with van der Waals surface area (Å²) in [6, 6.07) is 1.11. The number of likely N-dealkylation sites (N-methyl/N-ethyl adjacent to an activating group) is 1. The van der Waals surface area contributed by atoms with Crippen molar-refractivity contribution in [2.45, 2.75) is 38.8 Å². The lowest BCUT2D eigenvalue weighted by Gasteiger charge is -2.45. The van der Waals surface area contributed by atoms with Gasteiger partial charge in [0.15, 0.2) is 0 Å². The maximum atomic E-state index is 11.5. The average molecular weight is 254 g/mol. The normalized spacial score (nSPS) is 39.7. The van der Waals surface area contributed by atoms with Crippen LogP contribution in [-0.2, 0) is 9.53 Å². The smallest absolute Gasteiger partial charge is 0.129 e. The Bertz CT molecular complexity index is 278. The van der Waals surface area contributed by atoms with Crippen LogP contribution >= 0.6 is 0 Å². The third kappa shape index (κ3) is 2.92. The standard InChI is InChI=1S/C14H26N2O2/c1-12-7-16(8-13(2)15(12)3)9-14(10-17)5-4-6-18-11-14/h10,12-13H,4-9,11H2,1-3H3. The van der Waals surface area contributed by atoms with E-state index in [0.29, 0.717) is 18.7 Å². The van der Waals surface area contributed by atoms with Gasteiger partial charge in [-0.05, 0) is 33.7 Å². The van der Waals surface area contributed by atoms with Gasteiger partial charge in [-0.3, -0.25) is 9.80 Å². The first-order valence-electron chi connectivity index (χ1n) is 7.05. The first-order chi connectivity index (χ1) is 8.56. The Labute approximate surface area is 110 Å². The van der Waals surface area contributed by atoms with Gasteiger partial charge in [0.2, 0.25) is 0 Å². The van der Waals surface area contributed by atoms with Crippen molar-refractivity contribution in [3.05, 3.63) is 0 Å². The third-order valence-corrected chi connectivity index (χ3v) is 4.58. The van der Waals surface area contributed by atoms with E-state index >= 15 is 0 Å². The van der Waals surface area contributed by atoms with Crippen molar-refractivity contribution < 1.29 is 9.53 Å². The lowest BCUT2D eigenvalue weighted by atomic mass is 9.83. The van der Waals surface area contributed by atoms with Crippen LogP contribution in [0.15, 0.2) is 0 Å². The van der Waals surface area contributed by atoms with Crippen molar-refractivity contribution in [1.82, 2.24) is 9.80 Å². The molecule has 0 radical (unpaired) electrons. The summed E-state index contributed by atoms with van der Waals surface area (Å²) >= 11 is 0. The molecule has 0 aromatic carbocycles. The summed E-state index contributed by atoms with van der Waals surface area (Å²) in [5, 5.41) is 0. The molecule has 3 atom stereocenters. The molecule has 2 fully saturated rings. The van der Waals surface area contributed by atoms with Gasteiger partial charge in [0.1, 0.15) is 6.29 Å². The van der Waals surface area contributed by atoms with Gasteiger partial charge in [-0.2, -0.15) is 0 Å². The molecule has 0 amide bonds. The van der Waals surface area contributed by atoms with Crippen LogP contribution in [0.1, 0.15) is 26.7 Å². The molecule has 0 bridgehead atoms. The molecule has 4 heteroatoms. The highest BCUT2D eigenvalue weighted by Gasteiger charge is 2.37. The number of piperazine rings is 1. The number of rotatable bonds is 3. The lowest BCUT2D eigenvalue weighted by Crippen LogP contribution is -2.57. The van der Waals surface area contributed by atoms with Crippen LogP contribution in [0.25, 0.3) is 0 Å². The Hall–Kier alpha value is -0.450. The second-order valence-corrected chi connectivity index (χ2v) is 6.19. The zero-order valence-electron chi connectivity index (χ0n) is 11.9. The Balaban J connectivity index is 1.97. The summed E-state index contributed by atoms with van der Waals surface area (Å²) in [5.41, 5.74) is -0.256. The average Bonchev–Trinajstić information content (AvgIpc) is 2.37. The van der Waals surface area contributed by atoms with Crippen LogP contribution < -0.4 is 0 Å². The van der Waals surface area contributed by atoms with E-state index in [1.54, 1.807) is 0 Å². The van der Waals surface area contributed by atoms with E-state index < -0.39 is 0 Å². The molecular weight excluding hydrogens is 228 g/mol. The van der Waals surface area contributed by atoms with Gasteiger partial charge in [0, 0.05) is 38.3 Å². The highest BCUT2D eigenvalue weighted by atomic mass is 16.5. The van der Waals surface area contributed by atoms with Gasteiger partial charge >= 0.3 is 0 Å². The fourth-order valence-electron chi connectivity index (χ4n) is 3.22. The molecule has 18 heavy (non-hydrogen) atoms. The number of aldehydes is 1. The Morgan fingerprint density at radius 2 is 2.00 bits per heavy atom. The van der Waals surface area contributed by atoms with Crippen LogP contribution in [-0.4, -0.2) is 68.1 Å². The topological polar surface area (TPSA) is 32.8 Å². The highest BCUT2D eigenvalue weighted by Crippen LogP contribution is 2.28. The van der Waals surface area contributed by atoms with Gasteiger partial charge in [-0.25, -0.2) is 0 Å². The molecule has 3 unspecified atom stereocenters. The van der Waals surface area contributed by atoms with Crippen molar-refractivity contribution in [1.29, 1.82) is 0 Å². The van der Waals surface area contributed by atoms with E-state index in [0.717, 1.165) is 45.4 Å². The molecule has 0 aliphatic carbocycles. The Morgan fingerprint density at radius 3 is 2.50 bits per heavy atom. The van der Waals surface area contributed by atoms with Crippen molar-refractivity contribution in [2.24, 2.45) is 5.41 Å². The molecule has 0 aromatic rings. The fraction of sp³-hybridized carbons (Fsp3) is 0.929. The monoisotopic (exact) mass is 254 g/mol. The minimum absolute atomic E-state index is 0.256. The molecule has 2 aliphatic heterocycles. The molecule has 2 heterocycles. The van der Waals surface area contributed by atoms with E-state index in [9.17, 15) is 4.79 Å². The van der Waals surface area contributed by atoms with Crippen molar-refractivity contribution >= 4 is 6.29 Å². The molecular formula is C14H26N2O2. The number of ether oxygens (including phenoxy) is 1. The second kappa shape index (κ2) is 5.68. The van der Waals surface area contributed by atoms with Crippen LogP contribution in [0.3, 0.4) is 0 Å². The summed E-state index contributed by atoms with van der Waals surface area (Å²) in [6.07, 6.45) is 3.13. The van der Waals surface area contributed by atoms with Crippen molar-refractivity contribution in [3.63, 3.8) is 0 Å². The molecule has 2 saturated heterocycles. The predicted octanol–water partition coefficient (Wildman–Crippen LogP) is 1.01. The van der Waals surface area contributed by atoms with E-state index in [2.05, 4.69) is 30.7 Å². The second-order valence-electron chi connectivity index (χ2n) is 6.19. The maximum Gasteiger partial charge on any atom is 0.129 e. The highest BCUT2D eigenvalue weighted by molar-refractivity contribution is 5.60. The Kier molecular flexibility index (Phi) is 4.41. The van der Waals surface area contributed by atoms with E-state index in [1.165, 1.54) is 0 Å². The largest absolute Gasteiger partial charge is 0.380 e. The van der Waals surface area contributed by atoms with Crippen molar-refractivity contribution in [2.75, 3.05) is 39.9 Å². The number of carbonyl (C=O) groups excluding carboxylic acids is 1. The van der Waals surface area contributed by atoms with Crippen LogP contribution in [0.5, 0.6) is 0 Å². The number of nitrogens with zero attached hydrogens (tertiary/aromatic N) is 2. The first-order valence-corrected chi connectivity index (χ1v) is 7.05. The summed E-state index contributed by atoms with van der Waals surface area (Å²) < 4.78 is 5.52.